The van der Waals surface area contributed by atoms with Crippen molar-refractivity contribution in [3.8, 4) is 5.69 Å². The van der Waals surface area contributed by atoms with Crippen molar-refractivity contribution in [2.24, 2.45) is 4.99 Å². The highest BCUT2D eigenvalue weighted by molar-refractivity contribution is 6.12. The van der Waals surface area contributed by atoms with E-state index < -0.39 is 5.97 Å². The Morgan fingerprint density at radius 3 is 2.43 bits per heavy atom. The second kappa shape index (κ2) is 6.93. The molecule has 1 aromatic heterocycles. The minimum atomic E-state index is -0.448. The number of hydrogen-bond acceptors (Lipinski definition) is 4. The van der Waals surface area contributed by atoms with Crippen molar-refractivity contribution in [2.45, 2.75) is 27.7 Å². The molecule has 0 aliphatic carbocycles. The summed E-state index contributed by atoms with van der Waals surface area (Å²) in [6.45, 7) is 8.09. The van der Waals surface area contributed by atoms with Crippen molar-refractivity contribution < 1.29 is 9.53 Å². The Labute approximate surface area is 164 Å². The number of carbonyl (C=O) groups excluding carboxylic acids is 1. The number of cyclic esters (lactones) is 1. The lowest BCUT2D eigenvalue weighted by Gasteiger charge is -2.07. The molecule has 0 radical (unpaired) electrons. The molecule has 4 rings (SSSR count). The van der Waals surface area contributed by atoms with Gasteiger partial charge >= 0.3 is 5.97 Å². The first-order chi connectivity index (χ1) is 13.4. The third-order valence-corrected chi connectivity index (χ3v) is 5.00. The van der Waals surface area contributed by atoms with Gasteiger partial charge in [0.25, 0.3) is 0 Å². The number of esters is 1. The van der Waals surface area contributed by atoms with E-state index in [9.17, 15) is 4.79 Å². The summed E-state index contributed by atoms with van der Waals surface area (Å²) in [6, 6.07) is 15.7. The molecule has 0 saturated heterocycles. The molecule has 5 nitrogen and oxygen atoms in total. The van der Waals surface area contributed by atoms with Crippen molar-refractivity contribution in [2.75, 3.05) is 0 Å². The molecule has 0 amide bonds. The van der Waals surface area contributed by atoms with Crippen LogP contribution in [-0.2, 0) is 9.53 Å². The van der Waals surface area contributed by atoms with Crippen LogP contribution in [0.1, 0.15) is 33.6 Å². The van der Waals surface area contributed by atoms with Crippen LogP contribution >= 0.6 is 0 Å². The SMILES string of the molecule is Cc1ccc(-n2nc(C)c(/C=C3/N=C(c4ccccc4)OC3=O)c2C)cc1C. The minimum absolute atomic E-state index is 0.282. The van der Waals surface area contributed by atoms with Gasteiger partial charge in [-0.25, -0.2) is 14.5 Å². The molecule has 140 valence electrons. The maximum Gasteiger partial charge on any atom is 0.363 e. The lowest BCUT2D eigenvalue weighted by Crippen LogP contribution is -2.05. The van der Waals surface area contributed by atoms with E-state index >= 15 is 0 Å². The first kappa shape index (κ1) is 17.9. The summed E-state index contributed by atoms with van der Waals surface area (Å²) in [7, 11) is 0. The summed E-state index contributed by atoms with van der Waals surface area (Å²) in [5, 5.41) is 4.67. The predicted molar refractivity (Wildman–Crippen MR) is 110 cm³/mol. The van der Waals surface area contributed by atoms with Crippen LogP contribution < -0.4 is 0 Å². The monoisotopic (exact) mass is 371 g/mol. The zero-order valence-corrected chi connectivity index (χ0v) is 16.4. The van der Waals surface area contributed by atoms with Crippen LogP contribution in [0.25, 0.3) is 11.8 Å². The third kappa shape index (κ3) is 3.16. The Morgan fingerprint density at radius 1 is 0.964 bits per heavy atom. The summed E-state index contributed by atoms with van der Waals surface area (Å²) < 4.78 is 7.25. The van der Waals surface area contributed by atoms with E-state index in [1.54, 1.807) is 6.08 Å². The molecule has 0 saturated carbocycles. The Kier molecular flexibility index (Phi) is 4.43. The van der Waals surface area contributed by atoms with Gasteiger partial charge in [0.15, 0.2) is 5.70 Å². The van der Waals surface area contributed by atoms with Gasteiger partial charge in [-0.2, -0.15) is 5.10 Å². The van der Waals surface area contributed by atoms with Crippen molar-refractivity contribution in [3.05, 3.63) is 87.9 Å². The maximum absolute atomic E-state index is 12.3. The summed E-state index contributed by atoms with van der Waals surface area (Å²) in [6.07, 6.45) is 1.76. The lowest BCUT2D eigenvalue weighted by atomic mass is 10.1. The molecule has 3 aromatic rings. The first-order valence-electron chi connectivity index (χ1n) is 9.16. The average molecular weight is 371 g/mol. The second-order valence-corrected chi connectivity index (χ2v) is 6.97. The van der Waals surface area contributed by atoms with E-state index in [0.29, 0.717) is 5.90 Å². The Hall–Kier alpha value is -3.47. The van der Waals surface area contributed by atoms with Crippen LogP contribution in [0.4, 0.5) is 0 Å². The maximum atomic E-state index is 12.3. The fraction of sp³-hybridized carbons (Fsp3) is 0.174. The number of aryl methyl sites for hydroxylation is 3. The smallest absolute Gasteiger partial charge is 0.363 e. The predicted octanol–water partition coefficient (Wildman–Crippen LogP) is 4.45. The summed E-state index contributed by atoms with van der Waals surface area (Å²) in [5.74, 6) is -0.120. The quantitative estimate of drug-likeness (QED) is 0.505. The highest BCUT2D eigenvalue weighted by Gasteiger charge is 2.25. The van der Waals surface area contributed by atoms with Gasteiger partial charge in [-0.15, -0.1) is 0 Å². The number of carbonyl (C=O) groups is 1. The van der Waals surface area contributed by atoms with Crippen LogP contribution in [0, 0.1) is 27.7 Å². The van der Waals surface area contributed by atoms with Gasteiger partial charge < -0.3 is 4.74 Å². The van der Waals surface area contributed by atoms with Crippen molar-refractivity contribution in [1.29, 1.82) is 0 Å². The van der Waals surface area contributed by atoms with Crippen LogP contribution in [0.5, 0.6) is 0 Å². The van der Waals surface area contributed by atoms with Gasteiger partial charge in [-0.05, 0) is 69.2 Å². The number of nitrogens with zero attached hydrogens (tertiary/aromatic N) is 3. The van der Waals surface area contributed by atoms with E-state index in [0.717, 1.165) is 28.2 Å². The molecule has 2 heterocycles. The molecular weight excluding hydrogens is 350 g/mol. The number of aromatic nitrogens is 2. The molecule has 5 heteroatoms. The molecule has 1 aliphatic heterocycles. The van der Waals surface area contributed by atoms with Crippen LogP contribution in [0.3, 0.4) is 0 Å². The standard InChI is InChI=1S/C23H21N3O2/c1-14-10-11-19(12-15(14)2)26-17(4)20(16(3)25-26)13-21-23(27)28-22(24-21)18-8-6-5-7-9-18/h5-13H,1-4H3/b21-13+. The van der Waals surface area contributed by atoms with Crippen LogP contribution in [0.15, 0.2) is 59.2 Å². The Morgan fingerprint density at radius 2 is 1.71 bits per heavy atom. The first-order valence-corrected chi connectivity index (χ1v) is 9.16. The summed E-state index contributed by atoms with van der Waals surface area (Å²) in [5.41, 5.74) is 7.16. The van der Waals surface area contributed by atoms with Crippen molar-refractivity contribution >= 4 is 17.9 Å². The fourth-order valence-electron chi connectivity index (χ4n) is 3.22. The molecule has 0 N–H and O–H groups in total. The molecule has 0 atom stereocenters. The molecule has 2 aromatic carbocycles. The topological polar surface area (TPSA) is 56.5 Å². The van der Waals surface area contributed by atoms with E-state index in [4.69, 9.17) is 4.74 Å². The molecule has 0 bridgehead atoms. The van der Waals surface area contributed by atoms with E-state index in [1.807, 2.05) is 54.9 Å². The molecule has 0 unspecified atom stereocenters. The largest absolute Gasteiger partial charge is 0.402 e. The van der Waals surface area contributed by atoms with Gasteiger partial charge in [-0.1, -0.05) is 24.3 Å². The summed E-state index contributed by atoms with van der Waals surface area (Å²) >= 11 is 0. The summed E-state index contributed by atoms with van der Waals surface area (Å²) in [4.78, 5) is 16.7. The number of hydrogen-bond donors (Lipinski definition) is 0. The highest BCUT2D eigenvalue weighted by atomic mass is 16.6. The molecule has 0 spiro atoms. The molecule has 1 aliphatic rings. The van der Waals surface area contributed by atoms with Crippen LogP contribution in [-0.4, -0.2) is 21.6 Å². The van der Waals surface area contributed by atoms with Crippen LogP contribution in [0.2, 0.25) is 0 Å². The fourth-order valence-corrected chi connectivity index (χ4v) is 3.22. The molecule has 28 heavy (non-hydrogen) atoms. The van der Waals surface area contributed by atoms with Gasteiger partial charge in [0.1, 0.15) is 0 Å². The number of ether oxygens (including phenoxy) is 1. The normalized spacial score (nSPS) is 15.1. The second-order valence-electron chi connectivity index (χ2n) is 6.97. The van der Waals surface area contributed by atoms with E-state index in [1.165, 1.54) is 11.1 Å². The van der Waals surface area contributed by atoms with Gasteiger partial charge in [0.05, 0.1) is 11.4 Å². The van der Waals surface area contributed by atoms with Gasteiger partial charge in [0, 0.05) is 16.8 Å². The Bertz CT molecular complexity index is 1140. The van der Waals surface area contributed by atoms with E-state index in [-0.39, 0.29) is 5.70 Å². The minimum Gasteiger partial charge on any atom is -0.402 e. The van der Waals surface area contributed by atoms with Crippen molar-refractivity contribution in [1.82, 2.24) is 9.78 Å². The number of rotatable bonds is 3. The van der Waals surface area contributed by atoms with Gasteiger partial charge in [-0.3, -0.25) is 0 Å². The van der Waals surface area contributed by atoms with Gasteiger partial charge in [0.2, 0.25) is 5.90 Å². The lowest BCUT2D eigenvalue weighted by molar-refractivity contribution is -0.129. The Balaban J connectivity index is 1.74. The molecule has 0 fully saturated rings. The average Bonchev–Trinajstić information content (AvgIpc) is 3.19. The zero-order valence-electron chi connectivity index (χ0n) is 16.4. The zero-order chi connectivity index (χ0) is 19.8. The number of aliphatic imine (C=N–C) groups is 1. The number of benzene rings is 2. The highest BCUT2D eigenvalue weighted by Crippen LogP contribution is 2.25. The third-order valence-electron chi connectivity index (χ3n) is 5.00. The van der Waals surface area contributed by atoms with Crippen molar-refractivity contribution in [3.63, 3.8) is 0 Å². The van der Waals surface area contributed by atoms with E-state index in [2.05, 4.69) is 36.1 Å². The molecular formula is C23H21N3O2.